The second kappa shape index (κ2) is 24.0. The summed E-state index contributed by atoms with van der Waals surface area (Å²) in [6.07, 6.45) is 0. The molecular weight excluding hydrogens is 1260 g/mol. The largest absolute Gasteiger partial charge is 0.309 e. The molecule has 0 spiro atoms. The summed E-state index contributed by atoms with van der Waals surface area (Å²) in [6, 6.07) is 142. The molecule has 0 N–H and O–H groups in total. The third-order valence-corrected chi connectivity index (χ3v) is 21.8. The van der Waals surface area contributed by atoms with Crippen LogP contribution in [0, 0.1) is 0 Å². The van der Waals surface area contributed by atoms with E-state index in [1.807, 2.05) is 0 Å². The Morgan fingerprint density at radius 2 is 0.413 bits per heavy atom. The minimum atomic E-state index is 1.15. The van der Waals surface area contributed by atoms with Crippen LogP contribution in [0.5, 0.6) is 0 Å². The zero-order valence-electron chi connectivity index (χ0n) is 56.7. The average molecular weight is 1320 g/mol. The molecule has 0 bridgehead atoms. The lowest BCUT2D eigenvalue weighted by Crippen LogP contribution is -1.94. The van der Waals surface area contributed by atoms with Crippen molar-refractivity contribution in [2.24, 2.45) is 0 Å². The van der Waals surface area contributed by atoms with E-state index < -0.39 is 0 Å². The van der Waals surface area contributed by atoms with Crippen LogP contribution in [0.4, 0.5) is 0 Å². The number of hydrogen-bond donors (Lipinski definition) is 0. The van der Waals surface area contributed by atoms with Crippen molar-refractivity contribution in [3.05, 3.63) is 388 Å². The number of aromatic nitrogens is 4. The van der Waals surface area contributed by atoms with Gasteiger partial charge in [-0.2, -0.15) is 0 Å². The number of fused-ring (bicyclic) bond motifs is 18. The van der Waals surface area contributed by atoms with Gasteiger partial charge in [0.05, 0.1) is 44.1 Å². The summed E-state index contributed by atoms with van der Waals surface area (Å²) >= 11 is 0. The molecule has 22 aromatic rings. The number of para-hydroxylation sites is 6. The lowest BCUT2D eigenvalue weighted by Gasteiger charge is -2.13. The van der Waals surface area contributed by atoms with Gasteiger partial charge in [0.2, 0.25) is 0 Å². The monoisotopic (exact) mass is 1320 g/mol. The highest BCUT2D eigenvalue weighted by Gasteiger charge is 2.20. The van der Waals surface area contributed by atoms with E-state index in [1.165, 1.54) is 186 Å². The molecule has 0 amide bonds. The molecule has 0 saturated heterocycles. The van der Waals surface area contributed by atoms with Gasteiger partial charge < -0.3 is 18.3 Å². The average Bonchev–Trinajstić information content (AvgIpc) is 1.61. The van der Waals surface area contributed by atoms with Crippen LogP contribution in [-0.4, -0.2) is 18.3 Å². The van der Waals surface area contributed by atoms with E-state index in [4.69, 9.17) is 0 Å². The molecule has 4 heteroatoms. The smallest absolute Gasteiger partial charge is 0.0547 e. The second-order valence-corrected chi connectivity index (χ2v) is 27.5. The van der Waals surface area contributed by atoms with Crippen LogP contribution in [0.15, 0.2) is 388 Å². The Morgan fingerprint density at radius 3 is 0.913 bits per heavy atom. The maximum absolute atomic E-state index is 2.41. The van der Waals surface area contributed by atoms with Crippen molar-refractivity contribution in [3.63, 3.8) is 0 Å². The van der Waals surface area contributed by atoms with Crippen LogP contribution in [0.2, 0.25) is 0 Å². The molecule has 0 atom stereocenters. The Labute approximate surface area is 600 Å². The summed E-state index contributed by atoms with van der Waals surface area (Å²) in [5.74, 6) is 0. The molecule has 0 radical (unpaired) electrons. The molecule has 0 unspecified atom stereocenters. The zero-order valence-corrected chi connectivity index (χ0v) is 56.7. The maximum atomic E-state index is 2.41. The van der Waals surface area contributed by atoms with E-state index in [0.717, 1.165) is 11.4 Å². The van der Waals surface area contributed by atoms with Crippen molar-refractivity contribution < 1.29 is 0 Å². The van der Waals surface area contributed by atoms with E-state index in [1.54, 1.807) is 0 Å². The zero-order chi connectivity index (χ0) is 68.3. The molecule has 0 saturated carbocycles. The molecule has 104 heavy (non-hydrogen) atoms. The second-order valence-electron chi connectivity index (χ2n) is 27.5. The van der Waals surface area contributed by atoms with Gasteiger partial charge in [-0.05, 0) is 209 Å². The summed E-state index contributed by atoms with van der Waals surface area (Å²) < 4.78 is 9.60. The Balaban J connectivity index is 0.000000134. The first-order valence-electron chi connectivity index (χ1n) is 35.9. The molecule has 0 aliphatic heterocycles. The quantitative estimate of drug-likeness (QED) is 0.135. The van der Waals surface area contributed by atoms with E-state index in [9.17, 15) is 0 Å². The van der Waals surface area contributed by atoms with Crippen LogP contribution in [0.3, 0.4) is 0 Å². The topological polar surface area (TPSA) is 19.7 Å². The van der Waals surface area contributed by atoms with Crippen molar-refractivity contribution in [2.75, 3.05) is 0 Å². The van der Waals surface area contributed by atoms with Crippen LogP contribution in [0.1, 0.15) is 0 Å². The maximum Gasteiger partial charge on any atom is 0.0547 e. The van der Waals surface area contributed by atoms with Gasteiger partial charge in [-0.3, -0.25) is 0 Å². The Hall–Kier alpha value is -13.8. The summed E-state index contributed by atoms with van der Waals surface area (Å²) in [5, 5.41) is 20.3. The summed E-state index contributed by atoms with van der Waals surface area (Å²) in [5.41, 5.74) is 24.1. The SMILES string of the molecule is c1ccc(-n2c3ccccc3c3ccc(-c4ccc5c(c4)c4ccccc4n5-c4ccc(-c5cc6ccccc6c6ccccc56)cc4)cc32)cc1.c1ccc(-n2c3ccccc3c3ccc(-c4ccc5c(c4)c4ccccc4n5-c4ccc(-c5ccc6c(ccc7ccccc76)c5)cc4)cc32)cc1. The van der Waals surface area contributed by atoms with Gasteiger partial charge in [0, 0.05) is 65.8 Å². The minimum Gasteiger partial charge on any atom is -0.309 e. The van der Waals surface area contributed by atoms with Crippen LogP contribution < -0.4 is 0 Å². The van der Waals surface area contributed by atoms with Gasteiger partial charge in [-0.1, -0.05) is 267 Å². The van der Waals surface area contributed by atoms with Crippen molar-refractivity contribution in [1.29, 1.82) is 0 Å². The van der Waals surface area contributed by atoms with Gasteiger partial charge in [-0.15, -0.1) is 0 Å². The predicted octanol–water partition coefficient (Wildman–Crippen LogP) is 27.0. The normalized spacial score (nSPS) is 11.8. The van der Waals surface area contributed by atoms with E-state index in [2.05, 4.69) is 407 Å². The van der Waals surface area contributed by atoms with Gasteiger partial charge in [-0.25, -0.2) is 0 Å². The highest BCUT2D eigenvalue weighted by atomic mass is 15.0. The molecule has 0 aliphatic rings. The Kier molecular flexibility index (Phi) is 13.6. The predicted molar refractivity (Wildman–Crippen MR) is 442 cm³/mol. The summed E-state index contributed by atoms with van der Waals surface area (Å²) in [6.45, 7) is 0. The van der Waals surface area contributed by atoms with Crippen molar-refractivity contribution in [1.82, 2.24) is 18.3 Å². The fourth-order valence-electron chi connectivity index (χ4n) is 17.0. The van der Waals surface area contributed by atoms with Crippen LogP contribution in [-0.2, 0) is 0 Å². The number of nitrogens with zero attached hydrogens (tertiary/aromatic N) is 4. The van der Waals surface area contributed by atoms with E-state index in [0.29, 0.717) is 0 Å². The van der Waals surface area contributed by atoms with E-state index >= 15 is 0 Å². The molecule has 4 heterocycles. The van der Waals surface area contributed by atoms with Gasteiger partial charge in [0.25, 0.3) is 0 Å². The molecule has 0 fully saturated rings. The van der Waals surface area contributed by atoms with Gasteiger partial charge in [0.15, 0.2) is 0 Å². The third kappa shape index (κ3) is 9.54. The van der Waals surface area contributed by atoms with Crippen molar-refractivity contribution in [2.45, 2.75) is 0 Å². The molecule has 22 rings (SSSR count). The highest BCUT2D eigenvalue weighted by Crippen LogP contribution is 2.43. The van der Waals surface area contributed by atoms with Crippen LogP contribution >= 0.6 is 0 Å². The van der Waals surface area contributed by atoms with Gasteiger partial charge in [0.1, 0.15) is 0 Å². The molecule has 484 valence electrons. The molecule has 4 nitrogen and oxygen atoms in total. The molecule has 4 aromatic heterocycles. The van der Waals surface area contributed by atoms with Crippen molar-refractivity contribution in [3.8, 4) is 67.3 Å². The Morgan fingerprint density at radius 1 is 0.125 bits per heavy atom. The standard InChI is InChI=1S/2C50H32N2/c1-2-11-39(12-3-1)52-47-16-8-6-14-43(47)45-28-23-37(32-50(45)52)36-24-29-49-46(31-36)44-15-7-9-17-48(44)51(49)40-25-20-33(21-26-40)35-22-27-42-38(30-35)19-18-34-10-4-5-13-41(34)42;1-2-13-37(14-3-1)52-47-20-10-8-18-42(47)44-28-24-35(32-50(44)52)34-25-29-49-46(30-34)43-19-9-11-21-48(43)51(49)38-26-22-33(23-27-38)45-31-36-12-4-5-15-39(36)40-16-6-7-17-41(40)45/h2*1-32H. The van der Waals surface area contributed by atoms with E-state index in [-0.39, 0.29) is 0 Å². The first-order chi connectivity index (χ1) is 51.6. The number of benzene rings is 18. The molecular formula is C100H64N4. The number of hydrogen-bond acceptors (Lipinski definition) is 0. The van der Waals surface area contributed by atoms with Crippen LogP contribution in [0.25, 0.3) is 198 Å². The summed E-state index contributed by atoms with van der Waals surface area (Å²) in [7, 11) is 0. The van der Waals surface area contributed by atoms with Gasteiger partial charge >= 0.3 is 0 Å². The molecule has 0 aliphatic carbocycles. The number of rotatable bonds is 8. The first kappa shape index (κ1) is 59.1. The minimum absolute atomic E-state index is 1.15. The molecule has 18 aromatic carbocycles. The first-order valence-corrected chi connectivity index (χ1v) is 35.9. The highest BCUT2D eigenvalue weighted by molar-refractivity contribution is 6.17. The third-order valence-electron chi connectivity index (χ3n) is 21.8. The summed E-state index contributed by atoms with van der Waals surface area (Å²) in [4.78, 5) is 0. The lowest BCUT2D eigenvalue weighted by molar-refractivity contribution is 1.18. The van der Waals surface area contributed by atoms with Crippen molar-refractivity contribution >= 4 is 130 Å². The lowest BCUT2D eigenvalue weighted by atomic mass is 9.93. The fourth-order valence-corrected chi connectivity index (χ4v) is 17.0. The Bertz CT molecular complexity index is 7190. The fraction of sp³-hybridized carbons (Fsp3) is 0.